The predicted octanol–water partition coefficient (Wildman–Crippen LogP) is 0.805. The number of hydrazine groups is 1. The molecule has 156 valence electrons. The van der Waals surface area contributed by atoms with E-state index < -0.39 is 30.0 Å². The molecule has 3 aromatic rings. The zero-order valence-corrected chi connectivity index (χ0v) is 16.5. The van der Waals surface area contributed by atoms with E-state index in [9.17, 15) is 14.4 Å². The molecule has 2 amide bonds. The average molecular weight is 411 g/mol. The Balaban J connectivity index is 1.52. The van der Waals surface area contributed by atoms with Gasteiger partial charge >= 0.3 is 0 Å². The number of carbonyl (C=O) groups is 2. The van der Waals surface area contributed by atoms with Gasteiger partial charge < -0.3 is 9.47 Å². The van der Waals surface area contributed by atoms with E-state index in [0.29, 0.717) is 29.0 Å². The highest BCUT2D eigenvalue weighted by atomic mass is 16.5. The molecule has 0 aliphatic carbocycles. The van der Waals surface area contributed by atoms with Crippen LogP contribution in [0.25, 0.3) is 10.9 Å². The fraction of sp³-hybridized carbons (Fsp3) is 0.250. The van der Waals surface area contributed by atoms with E-state index in [2.05, 4.69) is 21.2 Å². The number of nitrogens with one attached hydrogen (secondary N) is 2. The highest BCUT2D eigenvalue weighted by Crippen LogP contribution is 2.18. The summed E-state index contributed by atoms with van der Waals surface area (Å²) in [6.45, 7) is 3.58. The second-order valence-electron chi connectivity index (χ2n) is 6.27. The van der Waals surface area contributed by atoms with Gasteiger partial charge in [-0.25, -0.2) is 4.68 Å². The molecule has 0 spiro atoms. The molecule has 0 saturated heterocycles. The number of nitrogens with zero attached hydrogens (tertiary/aromatic N) is 3. The number of amides is 2. The van der Waals surface area contributed by atoms with Gasteiger partial charge in [-0.3, -0.25) is 25.2 Å². The molecule has 2 aromatic carbocycles. The maximum Gasteiger partial charge on any atom is 0.279 e. The second kappa shape index (κ2) is 9.50. The maximum atomic E-state index is 12.3. The fourth-order valence-corrected chi connectivity index (χ4v) is 2.57. The molecular weight excluding hydrogens is 390 g/mol. The lowest BCUT2D eigenvalue weighted by Crippen LogP contribution is -2.48. The van der Waals surface area contributed by atoms with Crippen molar-refractivity contribution in [2.45, 2.75) is 26.5 Å². The van der Waals surface area contributed by atoms with E-state index in [4.69, 9.17) is 9.47 Å². The smallest absolute Gasteiger partial charge is 0.279 e. The lowest BCUT2D eigenvalue weighted by Gasteiger charge is -2.15. The van der Waals surface area contributed by atoms with Crippen molar-refractivity contribution >= 4 is 22.7 Å². The van der Waals surface area contributed by atoms with Crippen LogP contribution in [0.15, 0.2) is 53.3 Å². The van der Waals surface area contributed by atoms with E-state index in [0.717, 1.165) is 4.68 Å². The van der Waals surface area contributed by atoms with Crippen molar-refractivity contribution < 1.29 is 19.1 Å². The van der Waals surface area contributed by atoms with Crippen LogP contribution in [0.3, 0.4) is 0 Å². The first-order valence-electron chi connectivity index (χ1n) is 9.28. The van der Waals surface area contributed by atoms with Crippen LogP contribution in [-0.2, 0) is 16.1 Å². The van der Waals surface area contributed by atoms with Crippen LogP contribution in [0.5, 0.6) is 11.5 Å². The number of benzene rings is 2. The van der Waals surface area contributed by atoms with Crippen molar-refractivity contribution in [1.29, 1.82) is 0 Å². The molecule has 1 unspecified atom stereocenters. The van der Waals surface area contributed by atoms with Gasteiger partial charge in [-0.05, 0) is 50.2 Å². The number of hydrogen-bond acceptors (Lipinski definition) is 7. The van der Waals surface area contributed by atoms with Crippen LogP contribution in [-0.4, -0.2) is 39.5 Å². The predicted molar refractivity (Wildman–Crippen MR) is 108 cm³/mol. The minimum absolute atomic E-state index is 0.349. The summed E-state index contributed by atoms with van der Waals surface area (Å²) < 4.78 is 11.8. The lowest BCUT2D eigenvalue weighted by atomic mass is 10.2. The van der Waals surface area contributed by atoms with E-state index in [1.807, 2.05) is 6.92 Å². The Hall–Kier alpha value is -3.95. The molecule has 0 radical (unpaired) electrons. The Morgan fingerprint density at radius 2 is 1.77 bits per heavy atom. The number of hydrogen-bond donors (Lipinski definition) is 2. The molecule has 10 heteroatoms. The topological polar surface area (TPSA) is 124 Å². The summed E-state index contributed by atoms with van der Waals surface area (Å²) in [6, 6.07) is 13.5. The normalized spacial score (nSPS) is 11.5. The molecule has 0 saturated carbocycles. The average Bonchev–Trinajstić information content (AvgIpc) is 2.75. The first-order chi connectivity index (χ1) is 14.5. The molecule has 2 N–H and O–H groups in total. The molecule has 3 rings (SSSR count). The van der Waals surface area contributed by atoms with Crippen molar-refractivity contribution in [3.05, 3.63) is 58.9 Å². The van der Waals surface area contributed by atoms with Gasteiger partial charge in [0.1, 0.15) is 23.6 Å². The van der Waals surface area contributed by atoms with Gasteiger partial charge in [0.25, 0.3) is 17.4 Å². The van der Waals surface area contributed by atoms with Crippen molar-refractivity contribution in [2.24, 2.45) is 0 Å². The Morgan fingerprint density at radius 3 is 2.50 bits per heavy atom. The van der Waals surface area contributed by atoms with Gasteiger partial charge in [0.05, 0.1) is 12.0 Å². The Labute approximate surface area is 171 Å². The van der Waals surface area contributed by atoms with Gasteiger partial charge in [-0.2, -0.15) is 0 Å². The van der Waals surface area contributed by atoms with Gasteiger partial charge in [-0.1, -0.05) is 17.3 Å². The number of fused-ring (bicyclic) bond motifs is 1. The quantitative estimate of drug-likeness (QED) is 0.551. The van der Waals surface area contributed by atoms with E-state index >= 15 is 0 Å². The number of carbonyl (C=O) groups excluding carboxylic acids is 2. The zero-order chi connectivity index (χ0) is 21.5. The van der Waals surface area contributed by atoms with Crippen molar-refractivity contribution in [3.8, 4) is 11.5 Å². The molecule has 1 heterocycles. The minimum Gasteiger partial charge on any atom is -0.494 e. The molecule has 1 aromatic heterocycles. The van der Waals surface area contributed by atoms with Crippen molar-refractivity contribution in [2.75, 3.05) is 6.61 Å². The molecular formula is C20H21N5O5. The third-order valence-corrected chi connectivity index (χ3v) is 4.06. The van der Waals surface area contributed by atoms with Gasteiger partial charge in [0, 0.05) is 0 Å². The summed E-state index contributed by atoms with van der Waals surface area (Å²) in [5.74, 6) is -0.0239. The SMILES string of the molecule is CCOc1ccc(OC(C)C(=O)NNC(=O)Cn2nnc3ccccc3c2=O)cc1. The summed E-state index contributed by atoms with van der Waals surface area (Å²) in [6.07, 6.45) is -0.869. The van der Waals surface area contributed by atoms with Gasteiger partial charge in [-0.15, -0.1) is 5.10 Å². The van der Waals surface area contributed by atoms with E-state index in [1.165, 1.54) is 6.92 Å². The third kappa shape index (κ3) is 5.10. The summed E-state index contributed by atoms with van der Waals surface area (Å²) >= 11 is 0. The number of ether oxygens (including phenoxy) is 2. The van der Waals surface area contributed by atoms with Gasteiger partial charge in [0.15, 0.2) is 6.10 Å². The first kappa shape index (κ1) is 20.8. The van der Waals surface area contributed by atoms with Gasteiger partial charge in [0.2, 0.25) is 0 Å². The highest BCUT2D eigenvalue weighted by Gasteiger charge is 2.16. The van der Waals surface area contributed by atoms with Crippen LogP contribution >= 0.6 is 0 Å². The highest BCUT2D eigenvalue weighted by molar-refractivity contribution is 5.84. The first-order valence-corrected chi connectivity index (χ1v) is 9.28. The summed E-state index contributed by atoms with van der Waals surface area (Å²) in [4.78, 5) is 36.6. The van der Waals surface area contributed by atoms with Crippen LogP contribution in [0.1, 0.15) is 13.8 Å². The van der Waals surface area contributed by atoms with Crippen molar-refractivity contribution in [3.63, 3.8) is 0 Å². The monoisotopic (exact) mass is 411 g/mol. The Kier molecular flexibility index (Phi) is 6.58. The van der Waals surface area contributed by atoms with Crippen LogP contribution in [0.4, 0.5) is 0 Å². The molecule has 0 fully saturated rings. The number of rotatable bonds is 7. The minimum atomic E-state index is -0.869. The summed E-state index contributed by atoms with van der Waals surface area (Å²) in [7, 11) is 0. The Bertz CT molecular complexity index is 1100. The molecule has 10 nitrogen and oxygen atoms in total. The fourth-order valence-electron chi connectivity index (χ4n) is 2.57. The van der Waals surface area contributed by atoms with E-state index in [-0.39, 0.29) is 0 Å². The summed E-state index contributed by atoms with van der Waals surface area (Å²) in [5, 5.41) is 7.98. The standard InChI is InChI=1S/C20H21N5O5/c1-3-29-14-8-10-15(11-9-14)30-13(2)19(27)23-22-18(26)12-25-20(28)16-6-4-5-7-17(16)21-24-25/h4-11,13H,3,12H2,1-2H3,(H,22,26)(H,23,27). The summed E-state index contributed by atoms with van der Waals surface area (Å²) in [5.41, 5.74) is 4.48. The molecule has 30 heavy (non-hydrogen) atoms. The maximum absolute atomic E-state index is 12.3. The van der Waals surface area contributed by atoms with Crippen LogP contribution in [0.2, 0.25) is 0 Å². The Morgan fingerprint density at radius 1 is 1.07 bits per heavy atom. The zero-order valence-electron chi connectivity index (χ0n) is 16.5. The molecule has 0 bridgehead atoms. The molecule has 1 atom stereocenters. The third-order valence-electron chi connectivity index (χ3n) is 4.06. The molecule has 0 aliphatic rings. The van der Waals surface area contributed by atoms with Crippen LogP contribution in [0, 0.1) is 0 Å². The molecule has 0 aliphatic heterocycles. The largest absolute Gasteiger partial charge is 0.494 e. The van der Waals surface area contributed by atoms with Crippen LogP contribution < -0.4 is 25.9 Å². The second-order valence-corrected chi connectivity index (χ2v) is 6.27. The van der Waals surface area contributed by atoms with E-state index in [1.54, 1.807) is 48.5 Å². The van der Waals surface area contributed by atoms with Crippen molar-refractivity contribution in [1.82, 2.24) is 25.8 Å². The lowest BCUT2D eigenvalue weighted by molar-refractivity contribution is -0.133. The number of aromatic nitrogens is 3.